The second-order valence-corrected chi connectivity index (χ2v) is 14.4. The Bertz CT molecular complexity index is 1780. The lowest BCUT2D eigenvalue weighted by Crippen LogP contribution is -2.36. The number of carbonyl (C=O) groups excluding carboxylic acids is 2. The molecule has 1 unspecified atom stereocenters. The molecule has 5 rings (SSSR count). The van der Waals surface area contributed by atoms with Crippen molar-refractivity contribution in [2.75, 3.05) is 89.8 Å². The Balaban J connectivity index is 1.55. The zero-order chi connectivity index (χ0) is 36.0. The number of sulfone groups is 1. The molecule has 0 bridgehead atoms. The highest BCUT2D eigenvalue weighted by molar-refractivity contribution is 7.91. The van der Waals surface area contributed by atoms with Crippen LogP contribution in [0.15, 0.2) is 41.3 Å². The molecule has 0 saturated carbocycles. The van der Waals surface area contributed by atoms with Gasteiger partial charge in [0.05, 0.1) is 28.3 Å². The lowest BCUT2D eigenvalue weighted by Gasteiger charge is -2.27. The minimum atomic E-state index is -4.53. The molecule has 14 nitrogen and oxygen atoms in total. The minimum absolute atomic E-state index is 0.0388. The number of nitrogens with one attached hydrogen (secondary N) is 3. The molecule has 1 amide bonds. The first-order chi connectivity index (χ1) is 23.9. The van der Waals surface area contributed by atoms with Gasteiger partial charge in [-0.15, -0.1) is 5.10 Å². The van der Waals surface area contributed by atoms with E-state index in [0.29, 0.717) is 37.1 Å². The van der Waals surface area contributed by atoms with Gasteiger partial charge in [-0.1, -0.05) is 0 Å². The fraction of sp³-hybridized carbons (Fsp3) is 0.485. The van der Waals surface area contributed by atoms with Crippen LogP contribution in [-0.4, -0.2) is 115 Å². The maximum atomic E-state index is 14.2. The van der Waals surface area contributed by atoms with E-state index in [9.17, 15) is 26.8 Å². The number of likely N-dealkylation sites (N-methyl/N-ethyl adjacent to an activating group) is 2. The van der Waals surface area contributed by atoms with Crippen molar-refractivity contribution in [3.63, 3.8) is 0 Å². The van der Waals surface area contributed by atoms with Gasteiger partial charge in [0.25, 0.3) is 5.91 Å². The van der Waals surface area contributed by atoms with Crippen LogP contribution in [0, 0.1) is 11.6 Å². The molecule has 0 spiro atoms. The summed E-state index contributed by atoms with van der Waals surface area (Å²) in [4.78, 5) is 30.8. The molecule has 1 aromatic heterocycles. The van der Waals surface area contributed by atoms with Crippen LogP contribution in [0.2, 0.25) is 0 Å². The lowest BCUT2D eigenvalue weighted by atomic mass is 10.1. The summed E-state index contributed by atoms with van der Waals surface area (Å²) in [6.07, 6.45) is 0.680. The number of aromatic nitrogens is 2. The van der Waals surface area contributed by atoms with Crippen LogP contribution in [0.4, 0.5) is 30.8 Å². The van der Waals surface area contributed by atoms with Gasteiger partial charge >= 0.3 is 6.09 Å². The first kappa shape index (κ1) is 37.1. The molecule has 3 heterocycles. The van der Waals surface area contributed by atoms with Crippen molar-refractivity contribution in [3.05, 3.63) is 64.9 Å². The van der Waals surface area contributed by atoms with Crippen LogP contribution in [0.1, 0.15) is 39.8 Å². The molecule has 17 heteroatoms. The molecule has 1 fully saturated rings. The highest BCUT2D eigenvalue weighted by Crippen LogP contribution is 2.38. The van der Waals surface area contributed by atoms with E-state index in [1.54, 1.807) is 6.07 Å². The first-order valence-corrected chi connectivity index (χ1v) is 17.8. The number of hydrogen-bond acceptors (Lipinski definition) is 12. The number of benzene rings is 2. The van der Waals surface area contributed by atoms with Crippen LogP contribution in [0.25, 0.3) is 0 Å². The van der Waals surface area contributed by atoms with Gasteiger partial charge in [0.2, 0.25) is 0 Å². The molecule has 2 aliphatic heterocycles. The van der Waals surface area contributed by atoms with Crippen LogP contribution in [0.3, 0.4) is 0 Å². The fourth-order valence-electron chi connectivity index (χ4n) is 5.82. The highest BCUT2D eigenvalue weighted by atomic mass is 32.2. The number of fused-ring (bicyclic) bond motifs is 1. The second-order valence-electron chi connectivity index (χ2n) is 12.4. The molecule has 0 radical (unpaired) electrons. The molecule has 272 valence electrons. The number of amides is 1. The predicted octanol–water partition coefficient (Wildman–Crippen LogP) is 3.25. The van der Waals surface area contributed by atoms with Gasteiger partial charge in [0.1, 0.15) is 23.6 Å². The summed E-state index contributed by atoms with van der Waals surface area (Å²) >= 11 is 0. The molecule has 1 saturated heterocycles. The topological polar surface area (TPSA) is 156 Å². The summed E-state index contributed by atoms with van der Waals surface area (Å²) in [7, 11) is 2.84. The van der Waals surface area contributed by atoms with Gasteiger partial charge in [-0.2, -0.15) is 4.68 Å². The smallest absolute Gasteiger partial charge is 0.435 e. The zero-order valence-electron chi connectivity index (χ0n) is 28.5. The second kappa shape index (κ2) is 16.2. The molecule has 3 N–H and O–H groups in total. The van der Waals surface area contributed by atoms with Gasteiger partial charge < -0.3 is 34.6 Å². The van der Waals surface area contributed by atoms with Crippen molar-refractivity contribution in [2.24, 2.45) is 0 Å². The van der Waals surface area contributed by atoms with Gasteiger partial charge in [0, 0.05) is 76.9 Å². The largest absolute Gasteiger partial charge is 0.445 e. The standard InChI is InChI=1S/C33H43F2N7O7S/c1-40(2)11-12-41(3)24-5-6-26(27(20-24)37-23-8-13-48-14-9-23)31(43)38-30-29-28(42(39-30)33(44)49-16-15-47-4)7-10-36-32(29)50(45,46)25-18-21(34)17-22(35)19-25/h5-6,17-20,23,32,36-37H,7-16H2,1-4H3,(H,38,39,43). The molecule has 0 aliphatic carbocycles. The van der Waals surface area contributed by atoms with E-state index in [2.05, 4.69) is 30.8 Å². The SMILES string of the molecule is COCCOC(=O)n1nc(NC(=O)c2ccc(N(C)CCN(C)C)cc2NC2CCOCC2)c2c1CCNC2S(=O)(=O)c1cc(F)cc(F)c1. The average molecular weight is 720 g/mol. The summed E-state index contributed by atoms with van der Waals surface area (Å²) in [5, 5.41) is 11.8. The van der Waals surface area contributed by atoms with E-state index in [1.165, 1.54) is 7.11 Å². The van der Waals surface area contributed by atoms with Crippen LogP contribution >= 0.6 is 0 Å². The van der Waals surface area contributed by atoms with Crippen molar-refractivity contribution in [1.29, 1.82) is 0 Å². The fourth-order valence-corrected chi connectivity index (χ4v) is 7.54. The Labute approximate surface area is 289 Å². The summed E-state index contributed by atoms with van der Waals surface area (Å²) in [6, 6.07) is 7.39. The summed E-state index contributed by atoms with van der Waals surface area (Å²) in [6.45, 7) is 2.76. The van der Waals surface area contributed by atoms with Crippen molar-refractivity contribution in [3.8, 4) is 0 Å². The third-order valence-electron chi connectivity index (χ3n) is 8.52. The number of ether oxygens (including phenoxy) is 3. The normalized spacial score (nSPS) is 16.6. The Morgan fingerprint density at radius 1 is 1.06 bits per heavy atom. The third kappa shape index (κ3) is 8.58. The van der Waals surface area contributed by atoms with E-state index in [4.69, 9.17) is 14.2 Å². The summed E-state index contributed by atoms with van der Waals surface area (Å²) in [5.41, 5.74) is 1.79. The average Bonchev–Trinajstić information content (AvgIpc) is 3.45. The molecule has 1 atom stereocenters. The molecular formula is C33H43F2N7O7S. The van der Waals surface area contributed by atoms with Crippen LogP contribution in [0.5, 0.6) is 0 Å². The Morgan fingerprint density at radius 3 is 2.46 bits per heavy atom. The van der Waals surface area contributed by atoms with Crippen LogP contribution in [-0.2, 0) is 30.5 Å². The monoisotopic (exact) mass is 719 g/mol. The Hall–Kier alpha value is -4.16. The minimum Gasteiger partial charge on any atom is -0.445 e. The van der Waals surface area contributed by atoms with Crippen molar-refractivity contribution < 1.29 is 41.0 Å². The van der Waals surface area contributed by atoms with E-state index in [0.717, 1.165) is 36.3 Å². The van der Waals surface area contributed by atoms with Crippen molar-refractivity contribution in [1.82, 2.24) is 20.0 Å². The highest BCUT2D eigenvalue weighted by Gasteiger charge is 2.40. The van der Waals surface area contributed by atoms with Gasteiger partial charge in [-0.05, 0) is 57.3 Å². The number of halogens is 2. The lowest BCUT2D eigenvalue weighted by molar-refractivity contribution is 0.0904. The van der Waals surface area contributed by atoms with E-state index >= 15 is 0 Å². The molecule has 3 aromatic rings. The van der Waals surface area contributed by atoms with Crippen LogP contribution < -0.4 is 20.9 Å². The number of nitrogens with zero attached hydrogens (tertiary/aromatic N) is 4. The third-order valence-corrected chi connectivity index (χ3v) is 10.4. The number of hydrogen-bond donors (Lipinski definition) is 3. The first-order valence-electron chi connectivity index (χ1n) is 16.3. The molecular weight excluding hydrogens is 676 g/mol. The molecule has 2 aliphatic rings. The zero-order valence-corrected chi connectivity index (χ0v) is 29.3. The summed E-state index contributed by atoms with van der Waals surface area (Å²) in [5.74, 6) is -3.01. The number of anilines is 3. The van der Waals surface area contributed by atoms with E-state index in [-0.39, 0.29) is 54.9 Å². The van der Waals surface area contributed by atoms with Crippen molar-refractivity contribution in [2.45, 2.75) is 35.6 Å². The van der Waals surface area contributed by atoms with Gasteiger partial charge in [-0.3, -0.25) is 10.1 Å². The maximum absolute atomic E-state index is 14.2. The number of rotatable bonds is 13. The molecule has 2 aromatic carbocycles. The maximum Gasteiger partial charge on any atom is 0.435 e. The Kier molecular flexibility index (Phi) is 12.1. The van der Waals surface area contributed by atoms with Gasteiger partial charge in [0.15, 0.2) is 15.7 Å². The predicted molar refractivity (Wildman–Crippen MR) is 183 cm³/mol. The Morgan fingerprint density at radius 2 is 1.78 bits per heavy atom. The van der Waals surface area contributed by atoms with E-state index < -0.39 is 43.7 Å². The summed E-state index contributed by atoms with van der Waals surface area (Å²) < 4.78 is 72.9. The number of methoxy groups -OCH3 is 1. The van der Waals surface area contributed by atoms with E-state index in [1.807, 2.05) is 33.3 Å². The molecule has 50 heavy (non-hydrogen) atoms. The van der Waals surface area contributed by atoms with Crippen molar-refractivity contribution >= 4 is 39.0 Å². The number of carbonyl (C=O) groups is 2. The van der Waals surface area contributed by atoms with Gasteiger partial charge in [-0.25, -0.2) is 22.0 Å². The quantitative estimate of drug-likeness (QED) is 0.222.